The van der Waals surface area contributed by atoms with E-state index >= 15 is 0 Å². The second kappa shape index (κ2) is 10.6. The van der Waals surface area contributed by atoms with Crippen molar-refractivity contribution in [3.63, 3.8) is 0 Å². The molecule has 2 fully saturated rings. The summed E-state index contributed by atoms with van der Waals surface area (Å²) in [6.07, 6.45) is -3.36. The molecule has 0 spiro atoms. The van der Waals surface area contributed by atoms with Gasteiger partial charge < -0.3 is 19.2 Å². The van der Waals surface area contributed by atoms with E-state index in [1.807, 2.05) is 4.57 Å². The molecule has 2 amide bonds. The Morgan fingerprint density at radius 2 is 1.63 bits per heavy atom. The monoisotopic (exact) mass is 574 g/mol. The van der Waals surface area contributed by atoms with Crippen molar-refractivity contribution in [3.8, 4) is 0 Å². The summed E-state index contributed by atoms with van der Waals surface area (Å²) in [5, 5.41) is 1.27. The average molecular weight is 575 g/mol. The highest BCUT2D eigenvalue weighted by atomic mass is 19.4. The number of pyridine rings is 1. The van der Waals surface area contributed by atoms with E-state index in [1.165, 1.54) is 34.9 Å². The van der Waals surface area contributed by atoms with Crippen LogP contribution in [0.5, 0.6) is 0 Å². The molecule has 0 unspecified atom stereocenters. The highest BCUT2D eigenvalue weighted by Crippen LogP contribution is 2.34. The van der Waals surface area contributed by atoms with Gasteiger partial charge in [0.2, 0.25) is 5.91 Å². The van der Waals surface area contributed by atoms with Crippen LogP contribution in [0.3, 0.4) is 0 Å². The van der Waals surface area contributed by atoms with E-state index in [9.17, 15) is 36.7 Å². The van der Waals surface area contributed by atoms with Gasteiger partial charge in [-0.05, 0) is 43.2 Å². The molecular formula is C28H26F4N4O5. The number of fused-ring (bicyclic) bond motifs is 1. The van der Waals surface area contributed by atoms with E-state index in [-0.39, 0.29) is 56.7 Å². The molecule has 2 aromatic carbocycles. The van der Waals surface area contributed by atoms with E-state index in [0.29, 0.717) is 16.5 Å². The highest BCUT2D eigenvalue weighted by molar-refractivity contribution is 5.95. The SMILES string of the molecule is C[C@]1(C(=O)N2CCN(C(=O)c3cc(Cn4ccc(=O)c5ccccc54)ccc3F)CC2)CCN1OC(=O)C(F)(F)F. The van der Waals surface area contributed by atoms with Crippen LogP contribution in [0.25, 0.3) is 10.9 Å². The molecule has 0 saturated carbocycles. The number of benzene rings is 2. The number of carbonyl (C=O) groups is 3. The lowest BCUT2D eigenvalue weighted by Gasteiger charge is -2.49. The predicted molar refractivity (Wildman–Crippen MR) is 138 cm³/mol. The first-order chi connectivity index (χ1) is 19.4. The van der Waals surface area contributed by atoms with Gasteiger partial charge in [-0.25, -0.2) is 9.18 Å². The molecule has 0 aliphatic carbocycles. The summed E-state index contributed by atoms with van der Waals surface area (Å²) in [7, 11) is 0. The van der Waals surface area contributed by atoms with Crippen molar-refractivity contribution in [1.29, 1.82) is 0 Å². The normalized spacial score (nSPS) is 19.6. The van der Waals surface area contributed by atoms with Crippen LogP contribution in [0.15, 0.2) is 59.5 Å². The number of amides is 2. The molecule has 9 nitrogen and oxygen atoms in total. The van der Waals surface area contributed by atoms with Gasteiger partial charge in [-0.1, -0.05) is 18.2 Å². The summed E-state index contributed by atoms with van der Waals surface area (Å²) < 4.78 is 54.4. The predicted octanol–water partition coefficient (Wildman–Crippen LogP) is 2.96. The Morgan fingerprint density at radius 3 is 2.29 bits per heavy atom. The van der Waals surface area contributed by atoms with Crippen LogP contribution in [0, 0.1) is 5.82 Å². The number of aromatic nitrogens is 1. The first-order valence-corrected chi connectivity index (χ1v) is 12.9. The Kier molecular flexibility index (Phi) is 7.32. The lowest BCUT2D eigenvalue weighted by molar-refractivity contribution is -0.281. The van der Waals surface area contributed by atoms with E-state index in [4.69, 9.17) is 0 Å². The second-order valence-electron chi connectivity index (χ2n) is 10.2. The molecule has 216 valence electrons. The van der Waals surface area contributed by atoms with Gasteiger partial charge in [-0.3, -0.25) is 14.4 Å². The van der Waals surface area contributed by atoms with Crippen molar-refractivity contribution < 1.29 is 36.8 Å². The van der Waals surface area contributed by atoms with E-state index < -0.39 is 35.3 Å². The number of carbonyl (C=O) groups excluding carboxylic acids is 3. The summed E-state index contributed by atoms with van der Waals surface area (Å²) >= 11 is 0. The number of hydrogen-bond acceptors (Lipinski definition) is 6. The number of piperazine rings is 1. The molecule has 0 bridgehead atoms. The lowest BCUT2D eigenvalue weighted by atomic mass is 9.87. The summed E-state index contributed by atoms with van der Waals surface area (Å²) in [5.74, 6) is -4.18. The minimum absolute atomic E-state index is 0.0206. The molecule has 3 aromatic rings. The minimum Gasteiger partial charge on any atom is -0.360 e. The molecule has 1 aromatic heterocycles. The second-order valence-corrected chi connectivity index (χ2v) is 10.2. The molecule has 0 N–H and O–H groups in total. The summed E-state index contributed by atoms with van der Waals surface area (Å²) in [6, 6.07) is 12.8. The van der Waals surface area contributed by atoms with Gasteiger partial charge in [0.15, 0.2) is 5.43 Å². The van der Waals surface area contributed by atoms with Crippen molar-refractivity contribution in [2.45, 2.75) is 31.6 Å². The Bertz CT molecular complexity index is 1580. The number of para-hydroxylation sites is 1. The molecule has 2 saturated heterocycles. The maximum atomic E-state index is 14.8. The standard InChI is InChI=1S/C28H26F4N4O5/c1-27(9-11-36(27)41-26(40)28(30,31)32)25(39)34-14-12-33(13-15-34)24(38)20-16-18(6-7-21(20)29)17-35-10-8-23(37)19-4-2-3-5-22(19)35/h2-8,10,16H,9,11-15,17H2,1H3/t27-/m1/s1. The van der Waals surface area contributed by atoms with Crippen molar-refractivity contribution in [3.05, 3.63) is 81.9 Å². The van der Waals surface area contributed by atoms with Crippen molar-refractivity contribution >= 4 is 28.7 Å². The van der Waals surface area contributed by atoms with Crippen LogP contribution in [-0.2, 0) is 21.0 Å². The van der Waals surface area contributed by atoms with Crippen molar-refractivity contribution in [2.24, 2.45) is 0 Å². The largest absolute Gasteiger partial charge is 0.492 e. The lowest BCUT2D eigenvalue weighted by Crippen LogP contribution is -2.68. The number of hydrogen-bond donors (Lipinski definition) is 0. The van der Waals surface area contributed by atoms with Crippen LogP contribution in [0.2, 0.25) is 0 Å². The topological polar surface area (TPSA) is 92.2 Å². The van der Waals surface area contributed by atoms with Gasteiger partial charge in [-0.15, -0.1) is 5.06 Å². The molecular weight excluding hydrogens is 548 g/mol. The summed E-state index contributed by atoms with van der Waals surface area (Å²) in [6.45, 7) is 1.98. The molecule has 5 rings (SSSR count). The maximum Gasteiger partial charge on any atom is 0.492 e. The number of rotatable bonds is 5. The van der Waals surface area contributed by atoms with Crippen LogP contribution in [0.1, 0.15) is 29.3 Å². The number of nitrogens with zero attached hydrogens (tertiary/aromatic N) is 4. The quantitative estimate of drug-likeness (QED) is 0.436. The third-order valence-electron chi connectivity index (χ3n) is 7.59. The average Bonchev–Trinajstić information content (AvgIpc) is 2.96. The zero-order valence-corrected chi connectivity index (χ0v) is 22.0. The van der Waals surface area contributed by atoms with Gasteiger partial charge >= 0.3 is 12.1 Å². The Hall–Kier alpha value is -4.26. The fourth-order valence-electron chi connectivity index (χ4n) is 5.10. The molecule has 41 heavy (non-hydrogen) atoms. The summed E-state index contributed by atoms with van der Waals surface area (Å²) in [4.78, 5) is 57.0. The summed E-state index contributed by atoms with van der Waals surface area (Å²) in [5.41, 5.74) is -0.358. The Balaban J connectivity index is 1.25. The Labute approximate surface area is 231 Å². The first-order valence-electron chi connectivity index (χ1n) is 12.9. The van der Waals surface area contributed by atoms with Crippen LogP contribution in [-0.4, -0.2) is 81.7 Å². The molecule has 3 heterocycles. The van der Waals surface area contributed by atoms with Crippen molar-refractivity contribution in [2.75, 3.05) is 32.7 Å². The van der Waals surface area contributed by atoms with E-state index in [0.717, 1.165) is 5.06 Å². The first kappa shape index (κ1) is 28.3. The van der Waals surface area contributed by atoms with Gasteiger partial charge in [0, 0.05) is 56.9 Å². The molecule has 2 aliphatic rings. The van der Waals surface area contributed by atoms with Gasteiger partial charge in [-0.2, -0.15) is 13.2 Å². The number of alkyl halides is 3. The van der Waals surface area contributed by atoms with Crippen LogP contribution < -0.4 is 5.43 Å². The van der Waals surface area contributed by atoms with Gasteiger partial charge in [0.05, 0.1) is 11.1 Å². The molecule has 1 atom stereocenters. The maximum absolute atomic E-state index is 14.8. The Morgan fingerprint density at radius 1 is 0.951 bits per heavy atom. The fraction of sp³-hybridized carbons (Fsp3) is 0.357. The van der Waals surface area contributed by atoms with Crippen LogP contribution >= 0.6 is 0 Å². The number of hydroxylamine groups is 2. The fourth-order valence-corrected chi connectivity index (χ4v) is 5.10. The van der Waals surface area contributed by atoms with E-state index in [2.05, 4.69) is 4.84 Å². The zero-order valence-electron chi connectivity index (χ0n) is 22.0. The third-order valence-corrected chi connectivity index (χ3v) is 7.59. The van der Waals surface area contributed by atoms with E-state index in [1.54, 1.807) is 36.5 Å². The molecule has 2 aliphatic heterocycles. The van der Waals surface area contributed by atoms with Crippen LogP contribution in [0.4, 0.5) is 17.6 Å². The molecule has 0 radical (unpaired) electrons. The number of halogens is 4. The zero-order chi connectivity index (χ0) is 29.5. The van der Waals surface area contributed by atoms with Crippen molar-refractivity contribution in [1.82, 2.24) is 19.4 Å². The van der Waals surface area contributed by atoms with Gasteiger partial charge in [0.1, 0.15) is 11.4 Å². The highest BCUT2D eigenvalue weighted by Gasteiger charge is 2.54. The smallest absolute Gasteiger partial charge is 0.360 e. The molecule has 13 heteroatoms. The third kappa shape index (κ3) is 5.41. The minimum atomic E-state index is -5.19. The van der Waals surface area contributed by atoms with Gasteiger partial charge in [0.25, 0.3) is 5.91 Å².